The monoisotopic (exact) mass is 221 g/mol. The predicted octanol–water partition coefficient (Wildman–Crippen LogP) is 3.73. The Kier molecular flexibility index (Phi) is 3.21. The maximum absolute atomic E-state index is 9.77. The fourth-order valence-electron chi connectivity index (χ4n) is 1.73. The Labute approximate surface area is 93.6 Å². The van der Waals surface area contributed by atoms with Gasteiger partial charge in [0, 0.05) is 0 Å². The second-order valence-corrected chi connectivity index (χ2v) is 4.63. The molecule has 1 aromatic heterocycles. The van der Waals surface area contributed by atoms with Gasteiger partial charge in [-0.3, -0.25) is 0 Å². The summed E-state index contributed by atoms with van der Waals surface area (Å²) in [5.41, 5.74) is 3.89. The summed E-state index contributed by atoms with van der Waals surface area (Å²) in [7, 11) is 0. The van der Waals surface area contributed by atoms with E-state index in [0.29, 0.717) is 5.75 Å². The van der Waals surface area contributed by atoms with Gasteiger partial charge in [-0.25, -0.2) is 4.98 Å². The number of fused-ring (bicyclic) bond motifs is 1. The Morgan fingerprint density at radius 2 is 2.20 bits per heavy atom. The van der Waals surface area contributed by atoms with Crippen molar-refractivity contribution in [3.63, 3.8) is 0 Å². The molecule has 3 heteroatoms. The first-order valence-electron chi connectivity index (χ1n) is 5.36. The van der Waals surface area contributed by atoms with Crippen molar-refractivity contribution in [2.75, 3.05) is 0 Å². The molecule has 0 spiro atoms. The first-order chi connectivity index (χ1) is 7.31. The van der Waals surface area contributed by atoms with Gasteiger partial charge in [0.15, 0.2) is 0 Å². The van der Waals surface area contributed by atoms with Crippen molar-refractivity contribution in [1.82, 2.24) is 4.98 Å². The fraction of sp³-hybridized carbons (Fsp3) is 0.417. The van der Waals surface area contributed by atoms with Crippen LogP contribution >= 0.6 is 11.3 Å². The average molecular weight is 221 g/mol. The molecule has 1 N–H and O–H groups in total. The Morgan fingerprint density at radius 3 is 3.00 bits per heavy atom. The first-order valence-corrected chi connectivity index (χ1v) is 6.24. The zero-order chi connectivity index (χ0) is 10.7. The molecule has 0 bridgehead atoms. The highest BCUT2D eigenvalue weighted by Gasteiger charge is 2.05. The summed E-state index contributed by atoms with van der Waals surface area (Å²) in [5.74, 6) is 0.376. The van der Waals surface area contributed by atoms with E-state index < -0.39 is 0 Å². The molecule has 0 unspecified atom stereocenters. The van der Waals surface area contributed by atoms with E-state index in [1.54, 1.807) is 5.51 Å². The lowest BCUT2D eigenvalue weighted by molar-refractivity contribution is 0.481. The number of phenolic OH excluding ortho intramolecular Hbond substituents is 1. The molecule has 1 heterocycles. The molecule has 0 fully saturated rings. The van der Waals surface area contributed by atoms with Gasteiger partial charge < -0.3 is 5.11 Å². The van der Waals surface area contributed by atoms with Crippen molar-refractivity contribution in [2.45, 2.75) is 32.6 Å². The fourth-order valence-corrected chi connectivity index (χ4v) is 2.41. The van der Waals surface area contributed by atoms with Gasteiger partial charge in [-0.2, -0.15) is 0 Å². The van der Waals surface area contributed by atoms with Crippen LogP contribution in [0.3, 0.4) is 0 Å². The molecule has 0 saturated carbocycles. The molecule has 0 atom stereocenters. The minimum Gasteiger partial charge on any atom is -0.506 e. The average Bonchev–Trinajstić information content (AvgIpc) is 2.66. The molecule has 0 aliphatic carbocycles. The van der Waals surface area contributed by atoms with E-state index in [-0.39, 0.29) is 0 Å². The Hall–Kier alpha value is -1.09. The van der Waals surface area contributed by atoms with Gasteiger partial charge in [-0.05, 0) is 30.5 Å². The normalized spacial score (nSPS) is 11.0. The van der Waals surface area contributed by atoms with Crippen LogP contribution in [0.5, 0.6) is 5.75 Å². The van der Waals surface area contributed by atoms with Gasteiger partial charge in [0.1, 0.15) is 5.75 Å². The third-order valence-electron chi connectivity index (χ3n) is 2.54. The molecule has 0 saturated heterocycles. The molecule has 0 aliphatic rings. The van der Waals surface area contributed by atoms with Gasteiger partial charge in [0.2, 0.25) is 0 Å². The number of phenols is 1. The number of aryl methyl sites for hydroxylation is 1. The van der Waals surface area contributed by atoms with Crippen LogP contribution in [0.25, 0.3) is 10.2 Å². The molecule has 0 radical (unpaired) electrons. The number of hydrogen-bond donors (Lipinski definition) is 1. The summed E-state index contributed by atoms with van der Waals surface area (Å²) >= 11 is 1.49. The highest BCUT2D eigenvalue weighted by Crippen LogP contribution is 2.29. The zero-order valence-corrected chi connectivity index (χ0v) is 9.68. The molecule has 0 amide bonds. The summed E-state index contributed by atoms with van der Waals surface area (Å²) in [6.07, 6.45) is 4.70. The number of nitrogens with zero attached hydrogens (tertiary/aromatic N) is 1. The highest BCUT2D eigenvalue weighted by molar-refractivity contribution is 7.17. The largest absolute Gasteiger partial charge is 0.506 e. The zero-order valence-electron chi connectivity index (χ0n) is 8.86. The van der Waals surface area contributed by atoms with E-state index in [0.717, 1.165) is 16.6 Å². The first kappa shape index (κ1) is 10.4. The van der Waals surface area contributed by atoms with Crippen LogP contribution in [-0.4, -0.2) is 10.1 Å². The van der Waals surface area contributed by atoms with E-state index in [4.69, 9.17) is 0 Å². The molecule has 15 heavy (non-hydrogen) atoms. The molecule has 1 aromatic carbocycles. The third-order valence-corrected chi connectivity index (χ3v) is 3.41. The molecular weight excluding hydrogens is 206 g/mol. The van der Waals surface area contributed by atoms with E-state index >= 15 is 0 Å². The lowest BCUT2D eigenvalue weighted by atomic mass is 10.1. The number of aromatic nitrogens is 1. The van der Waals surface area contributed by atoms with E-state index in [9.17, 15) is 5.11 Å². The van der Waals surface area contributed by atoms with E-state index in [1.807, 2.05) is 6.07 Å². The SMILES string of the molecule is CCCCCc1cc(O)c2scnc2c1. The van der Waals surface area contributed by atoms with Crippen LogP contribution in [0.1, 0.15) is 31.7 Å². The summed E-state index contributed by atoms with van der Waals surface area (Å²) in [4.78, 5) is 4.23. The summed E-state index contributed by atoms with van der Waals surface area (Å²) in [6.45, 7) is 2.20. The van der Waals surface area contributed by atoms with Crippen molar-refractivity contribution in [1.29, 1.82) is 0 Å². The Balaban J connectivity index is 2.21. The standard InChI is InChI=1S/C12H15NOS/c1-2-3-4-5-9-6-10-12(11(14)7-9)15-8-13-10/h6-8,14H,2-5H2,1H3. The van der Waals surface area contributed by atoms with Crippen LogP contribution in [0.15, 0.2) is 17.6 Å². The smallest absolute Gasteiger partial charge is 0.135 e. The number of benzene rings is 1. The molecule has 2 rings (SSSR count). The quantitative estimate of drug-likeness (QED) is 0.798. The van der Waals surface area contributed by atoms with Crippen molar-refractivity contribution in [3.8, 4) is 5.75 Å². The number of unbranched alkanes of at least 4 members (excludes halogenated alkanes) is 2. The number of hydrogen-bond acceptors (Lipinski definition) is 3. The third kappa shape index (κ3) is 2.29. The van der Waals surface area contributed by atoms with Crippen LogP contribution in [0.4, 0.5) is 0 Å². The molecular formula is C12H15NOS. The van der Waals surface area contributed by atoms with Crippen LogP contribution < -0.4 is 0 Å². The molecule has 0 aliphatic heterocycles. The Morgan fingerprint density at radius 1 is 1.33 bits per heavy atom. The lowest BCUT2D eigenvalue weighted by Crippen LogP contribution is -1.85. The van der Waals surface area contributed by atoms with Gasteiger partial charge in [-0.1, -0.05) is 19.8 Å². The number of thiazole rings is 1. The highest BCUT2D eigenvalue weighted by atomic mass is 32.1. The van der Waals surface area contributed by atoms with Crippen LogP contribution in [0.2, 0.25) is 0 Å². The minimum absolute atomic E-state index is 0.376. The lowest BCUT2D eigenvalue weighted by Gasteiger charge is -2.02. The van der Waals surface area contributed by atoms with E-state index in [2.05, 4.69) is 18.0 Å². The topological polar surface area (TPSA) is 33.1 Å². The summed E-state index contributed by atoms with van der Waals surface area (Å²) in [6, 6.07) is 3.96. The van der Waals surface area contributed by atoms with Crippen molar-refractivity contribution < 1.29 is 5.11 Å². The Bertz CT molecular complexity index is 450. The van der Waals surface area contributed by atoms with Gasteiger partial charge in [-0.15, -0.1) is 11.3 Å². The molecule has 2 aromatic rings. The second kappa shape index (κ2) is 4.62. The van der Waals surface area contributed by atoms with Crippen molar-refractivity contribution >= 4 is 21.6 Å². The summed E-state index contributed by atoms with van der Waals surface area (Å²) < 4.78 is 0.897. The maximum Gasteiger partial charge on any atom is 0.135 e. The van der Waals surface area contributed by atoms with Crippen LogP contribution in [-0.2, 0) is 6.42 Å². The molecule has 2 nitrogen and oxygen atoms in total. The van der Waals surface area contributed by atoms with Crippen molar-refractivity contribution in [2.24, 2.45) is 0 Å². The van der Waals surface area contributed by atoms with Crippen LogP contribution in [0, 0.1) is 0 Å². The molecule has 80 valence electrons. The maximum atomic E-state index is 9.77. The van der Waals surface area contributed by atoms with Gasteiger partial charge >= 0.3 is 0 Å². The van der Waals surface area contributed by atoms with Gasteiger partial charge in [0.05, 0.1) is 15.7 Å². The van der Waals surface area contributed by atoms with Crippen molar-refractivity contribution in [3.05, 3.63) is 23.2 Å². The second-order valence-electron chi connectivity index (χ2n) is 3.77. The van der Waals surface area contributed by atoms with Gasteiger partial charge in [0.25, 0.3) is 0 Å². The van der Waals surface area contributed by atoms with E-state index in [1.165, 1.54) is 36.2 Å². The predicted molar refractivity (Wildman–Crippen MR) is 64.5 cm³/mol. The minimum atomic E-state index is 0.376. The summed E-state index contributed by atoms with van der Waals surface area (Å²) in [5, 5.41) is 9.77. The number of rotatable bonds is 4. The number of aromatic hydroxyl groups is 1.